The molecule has 1 aromatic heterocycles. The molecular formula is C12H11F3N2OS3. The molecule has 0 fully saturated rings. The van der Waals surface area contributed by atoms with Gasteiger partial charge in [0.2, 0.25) is 0 Å². The van der Waals surface area contributed by atoms with Crippen LogP contribution in [0.5, 0.6) is 5.75 Å². The summed E-state index contributed by atoms with van der Waals surface area (Å²) in [4.78, 5) is 0. The van der Waals surface area contributed by atoms with Gasteiger partial charge in [0.1, 0.15) is 5.75 Å². The van der Waals surface area contributed by atoms with E-state index in [0.717, 1.165) is 14.2 Å². The molecular weight excluding hydrogens is 341 g/mol. The lowest BCUT2D eigenvalue weighted by Crippen LogP contribution is -2.19. The van der Waals surface area contributed by atoms with E-state index in [0.29, 0.717) is 5.75 Å². The van der Waals surface area contributed by atoms with Gasteiger partial charge in [-0.05, 0) is 24.0 Å². The van der Waals surface area contributed by atoms with Crippen LogP contribution >= 0.6 is 34.9 Å². The van der Waals surface area contributed by atoms with E-state index >= 15 is 0 Å². The molecule has 0 saturated heterocycles. The molecule has 3 nitrogen and oxygen atoms in total. The maximum atomic E-state index is 12.0. The number of aromatic nitrogens is 2. The van der Waals surface area contributed by atoms with Gasteiger partial charge in [-0.3, -0.25) is 0 Å². The second-order valence-corrected chi connectivity index (χ2v) is 7.13. The van der Waals surface area contributed by atoms with Crippen LogP contribution in [0.1, 0.15) is 5.56 Å². The average molecular weight is 352 g/mol. The highest BCUT2D eigenvalue weighted by Gasteiger charge is 2.28. The van der Waals surface area contributed by atoms with Gasteiger partial charge in [0.15, 0.2) is 15.3 Å². The Kier molecular flexibility index (Phi) is 5.77. The van der Waals surface area contributed by atoms with Crippen LogP contribution in [0, 0.1) is 0 Å². The Morgan fingerprint density at radius 3 is 2.38 bits per heavy atom. The van der Waals surface area contributed by atoms with Gasteiger partial charge >= 0.3 is 6.18 Å². The molecule has 0 spiro atoms. The van der Waals surface area contributed by atoms with E-state index in [1.807, 2.05) is 6.26 Å². The van der Waals surface area contributed by atoms with Crippen LogP contribution in [0.15, 0.2) is 32.9 Å². The first kappa shape index (κ1) is 16.4. The second-order valence-electron chi connectivity index (χ2n) is 3.87. The first-order valence-electron chi connectivity index (χ1n) is 5.75. The third kappa shape index (κ3) is 5.76. The zero-order chi connectivity index (χ0) is 15.3. The Labute approximate surface area is 132 Å². The molecule has 9 heteroatoms. The van der Waals surface area contributed by atoms with Crippen molar-refractivity contribution >= 4 is 34.9 Å². The Morgan fingerprint density at radius 1 is 1.14 bits per heavy atom. The highest BCUT2D eigenvalue weighted by atomic mass is 32.2. The summed E-state index contributed by atoms with van der Waals surface area (Å²) in [6, 6.07) is 6.56. The molecule has 0 atom stereocenters. The third-order valence-electron chi connectivity index (χ3n) is 2.25. The van der Waals surface area contributed by atoms with Crippen LogP contribution < -0.4 is 4.74 Å². The van der Waals surface area contributed by atoms with E-state index in [1.165, 1.54) is 23.5 Å². The smallest absolute Gasteiger partial charge is 0.422 e. The maximum absolute atomic E-state index is 12.0. The minimum absolute atomic E-state index is 0.210. The Morgan fingerprint density at radius 2 is 1.81 bits per heavy atom. The molecule has 0 saturated carbocycles. The first-order chi connectivity index (χ1) is 9.96. The molecule has 2 rings (SSSR count). The van der Waals surface area contributed by atoms with Gasteiger partial charge in [-0.25, -0.2) is 0 Å². The number of halogens is 3. The quantitative estimate of drug-likeness (QED) is 0.716. The van der Waals surface area contributed by atoms with Crippen molar-refractivity contribution < 1.29 is 17.9 Å². The van der Waals surface area contributed by atoms with Crippen molar-refractivity contribution in [1.29, 1.82) is 0 Å². The van der Waals surface area contributed by atoms with Crippen LogP contribution in [0.25, 0.3) is 0 Å². The number of hydrogen-bond donors (Lipinski definition) is 0. The zero-order valence-electron chi connectivity index (χ0n) is 10.9. The van der Waals surface area contributed by atoms with Gasteiger partial charge in [0, 0.05) is 5.75 Å². The third-order valence-corrected chi connectivity index (χ3v) is 5.35. The van der Waals surface area contributed by atoms with Gasteiger partial charge in [-0.15, -0.1) is 10.2 Å². The minimum atomic E-state index is -4.32. The van der Waals surface area contributed by atoms with E-state index in [4.69, 9.17) is 0 Å². The number of thioether (sulfide) groups is 2. The first-order valence-corrected chi connectivity index (χ1v) is 8.78. The fourth-order valence-electron chi connectivity index (χ4n) is 1.33. The van der Waals surface area contributed by atoms with Crippen LogP contribution in [0.3, 0.4) is 0 Å². The molecule has 0 aliphatic rings. The van der Waals surface area contributed by atoms with Crippen LogP contribution in [0.4, 0.5) is 13.2 Å². The lowest BCUT2D eigenvalue weighted by Gasteiger charge is -2.09. The standard InChI is InChI=1S/C12H11F3N2OS3/c1-19-10-16-17-11(21-10)20-6-8-2-4-9(5-3-8)18-7-12(13,14)15/h2-5H,6-7H2,1H3. The topological polar surface area (TPSA) is 35.0 Å². The fourth-order valence-corrected chi connectivity index (χ4v) is 3.72. The lowest BCUT2D eigenvalue weighted by molar-refractivity contribution is -0.153. The predicted octanol–water partition coefficient (Wildman–Crippen LogP) is 4.49. The van der Waals surface area contributed by atoms with Crippen LogP contribution in [-0.4, -0.2) is 29.2 Å². The lowest BCUT2D eigenvalue weighted by atomic mass is 10.2. The largest absolute Gasteiger partial charge is 0.484 e. The van der Waals surface area contributed by atoms with Crippen molar-refractivity contribution in [3.63, 3.8) is 0 Å². The molecule has 0 unspecified atom stereocenters. The Hall–Kier alpha value is -0.930. The van der Waals surface area contributed by atoms with Crippen LogP contribution in [-0.2, 0) is 5.75 Å². The molecule has 0 amide bonds. The Balaban J connectivity index is 1.84. The average Bonchev–Trinajstić information content (AvgIpc) is 2.91. The maximum Gasteiger partial charge on any atom is 0.422 e. The summed E-state index contributed by atoms with van der Waals surface area (Å²) in [5.74, 6) is 0.893. The highest BCUT2D eigenvalue weighted by molar-refractivity contribution is 8.02. The van der Waals surface area contributed by atoms with E-state index in [9.17, 15) is 13.2 Å². The molecule has 0 N–H and O–H groups in total. The van der Waals surface area contributed by atoms with Gasteiger partial charge in [0.05, 0.1) is 0 Å². The summed E-state index contributed by atoms with van der Waals surface area (Å²) in [5, 5.41) is 8.03. The molecule has 0 radical (unpaired) electrons. The van der Waals surface area contributed by atoms with Crippen molar-refractivity contribution in [1.82, 2.24) is 10.2 Å². The molecule has 1 aromatic carbocycles. The molecule has 0 aliphatic carbocycles. The van der Waals surface area contributed by atoms with E-state index in [1.54, 1.807) is 35.7 Å². The van der Waals surface area contributed by atoms with Gasteiger partial charge in [0.25, 0.3) is 0 Å². The van der Waals surface area contributed by atoms with Gasteiger partial charge < -0.3 is 4.74 Å². The second kappa shape index (κ2) is 7.37. The normalized spacial score (nSPS) is 11.6. The summed E-state index contributed by atoms with van der Waals surface area (Å²) in [7, 11) is 0. The van der Waals surface area contributed by atoms with E-state index < -0.39 is 12.8 Å². The van der Waals surface area contributed by atoms with Gasteiger partial charge in [-0.2, -0.15) is 13.2 Å². The van der Waals surface area contributed by atoms with Crippen molar-refractivity contribution in [2.75, 3.05) is 12.9 Å². The fraction of sp³-hybridized carbons (Fsp3) is 0.333. The van der Waals surface area contributed by atoms with Gasteiger partial charge in [-0.1, -0.05) is 47.0 Å². The van der Waals surface area contributed by atoms with Crippen molar-refractivity contribution in [3.05, 3.63) is 29.8 Å². The monoisotopic (exact) mass is 352 g/mol. The summed E-state index contributed by atoms with van der Waals surface area (Å²) in [6.07, 6.45) is -2.38. The van der Waals surface area contributed by atoms with Crippen molar-refractivity contribution in [3.8, 4) is 5.75 Å². The molecule has 21 heavy (non-hydrogen) atoms. The Bertz CT molecular complexity index is 572. The van der Waals surface area contributed by atoms with Crippen molar-refractivity contribution in [2.24, 2.45) is 0 Å². The number of hydrogen-bond acceptors (Lipinski definition) is 6. The number of benzene rings is 1. The van der Waals surface area contributed by atoms with Crippen LogP contribution in [0.2, 0.25) is 0 Å². The molecule has 114 valence electrons. The van der Waals surface area contributed by atoms with Crippen molar-refractivity contribution in [2.45, 2.75) is 20.6 Å². The molecule has 2 aromatic rings. The van der Waals surface area contributed by atoms with E-state index in [2.05, 4.69) is 14.9 Å². The predicted molar refractivity (Wildman–Crippen MR) is 79.2 cm³/mol. The molecule has 1 heterocycles. The number of ether oxygens (including phenoxy) is 1. The molecule has 0 bridgehead atoms. The SMILES string of the molecule is CSc1nnc(SCc2ccc(OCC(F)(F)F)cc2)s1. The highest BCUT2D eigenvalue weighted by Crippen LogP contribution is 2.30. The number of alkyl halides is 3. The zero-order valence-corrected chi connectivity index (χ0v) is 13.3. The number of nitrogens with zero attached hydrogens (tertiary/aromatic N) is 2. The summed E-state index contributed by atoms with van der Waals surface area (Å²) >= 11 is 4.61. The number of rotatable bonds is 6. The minimum Gasteiger partial charge on any atom is -0.484 e. The summed E-state index contributed by atoms with van der Waals surface area (Å²) < 4.78 is 42.5. The summed E-state index contributed by atoms with van der Waals surface area (Å²) in [5.41, 5.74) is 0.986. The van der Waals surface area contributed by atoms with E-state index in [-0.39, 0.29) is 5.75 Å². The summed E-state index contributed by atoms with van der Waals surface area (Å²) in [6.45, 7) is -1.27. The molecule has 0 aliphatic heterocycles.